The van der Waals surface area contributed by atoms with Gasteiger partial charge >= 0.3 is 0 Å². The average molecular weight is 314 g/mol. The smallest absolute Gasteiger partial charge is 0.168 e. The number of aliphatic imine (C=N–C) groups is 1. The lowest BCUT2D eigenvalue weighted by Gasteiger charge is -2.32. The van der Waals surface area contributed by atoms with Gasteiger partial charge in [0.15, 0.2) is 16.7 Å². The molecule has 0 amide bonds. The molecule has 22 heavy (non-hydrogen) atoms. The van der Waals surface area contributed by atoms with E-state index in [0.29, 0.717) is 25.3 Å². The fourth-order valence-corrected chi connectivity index (χ4v) is 4.84. The highest BCUT2D eigenvalue weighted by atomic mass is 32.2. The lowest BCUT2D eigenvalue weighted by Crippen LogP contribution is -2.38. The number of hydrogen-bond donors (Lipinski definition) is 0. The highest BCUT2D eigenvalue weighted by molar-refractivity contribution is 8.16. The second kappa shape index (κ2) is 4.95. The van der Waals surface area contributed by atoms with Gasteiger partial charge in [0, 0.05) is 11.0 Å². The van der Waals surface area contributed by atoms with Crippen molar-refractivity contribution in [3.63, 3.8) is 0 Å². The van der Waals surface area contributed by atoms with Gasteiger partial charge in [-0.05, 0) is 31.0 Å². The summed E-state index contributed by atoms with van der Waals surface area (Å²) in [6.07, 6.45) is 5.12. The molecular weight excluding hydrogens is 296 g/mol. The number of fused-ring (bicyclic) bond motifs is 4. The van der Waals surface area contributed by atoms with E-state index in [2.05, 4.69) is 22.4 Å². The van der Waals surface area contributed by atoms with Crippen molar-refractivity contribution in [2.24, 2.45) is 4.99 Å². The molecule has 5 heteroatoms. The van der Waals surface area contributed by atoms with Gasteiger partial charge in [0.25, 0.3) is 0 Å². The molecule has 4 aliphatic rings. The summed E-state index contributed by atoms with van der Waals surface area (Å²) in [5.41, 5.74) is 2.48. The summed E-state index contributed by atoms with van der Waals surface area (Å²) >= 11 is 1.76. The highest BCUT2D eigenvalue weighted by Crippen LogP contribution is 2.45. The molecule has 114 valence electrons. The number of benzene rings is 1. The molecule has 3 heterocycles. The second-order valence-corrected chi connectivity index (χ2v) is 7.02. The van der Waals surface area contributed by atoms with Crippen molar-refractivity contribution in [1.82, 2.24) is 4.90 Å². The molecule has 0 bridgehead atoms. The van der Waals surface area contributed by atoms with Crippen LogP contribution >= 0.6 is 11.8 Å². The first-order valence-corrected chi connectivity index (χ1v) is 8.92. The number of hydrogen-bond acceptors (Lipinski definition) is 5. The van der Waals surface area contributed by atoms with Crippen molar-refractivity contribution in [2.75, 3.05) is 13.2 Å². The van der Waals surface area contributed by atoms with Crippen LogP contribution in [0.2, 0.25) is 0 Å². The topological polar surface area (TPSA) is 34.1 Å². The van der Waals surface area contributed by atoms with Gasteiger partial charge in [-0.25, -0.2) is 0 Å². The third kappa shape index (κ3) is 1.88. The van der Waals surface area contributed by atoms with Crippen molar-refractivity contribution in [2.45, 2.75) is 37.8 Å². The van der Waals surface area contributed by atoms with Gasteiger partial charge in [0.2, 0.25) is 0 Å². The minimum absolute atomic E-state index is 0.497. The predicted octanol–water partition coefficient (Wildman–Crippen LogP) is 3.49. The Bertz CT molecular complexity index is 685. The van der Waals surface area contributed by atoms with Crippen LogP contribution in [0.1, 0.15) is 31.2 Å². The van der Waals surface area contributed by atoms with Gasteiger partial charge < -0.3 is 14.4 Å². The van der Waals surface area contributed by atoms with E-state index in [9.17, 15) is 0 Å². The molecule has 1 fully saturated rings. The number of amidine groups is 1. The summed E-state index contributed by atoms with van der Waals surface area (Å²) in [6.45, 7) is 1.27. The molecule has 1 aromatic rings. The SMILES string of the molecule is C1=C(c2ccc3c(c2)OCCO3)N2C(=N[C@@H]3CCCC[C@H]32)S1. The highest BCUT2D eigenvalue weighted by Gasteiger charge is 2.42. The van der Waals surface area contributed by atoms with Crippen LogP contribution < -0.4 is 9.47 Å². The number of thioether (sulfide) groups is 1. The minimum atomic E-state index is 0.497. The van der Waals surface area contributed by atoms with Crippen LogP contribution in [0, 0.1) is 0 Å². The Morgan fingerprint density at radius 2 is 1.95 bits per heavy atom. The van der Waals surface area contributed by atoms with Crippen LogP contribution in [-0.4, -0.2) is 35.4 Å². The van der Waals surface area contributed by atoms with E-state index in [1.54, 1.807) is 11.8 Å². The third-order valence-corrected chi connectivity index (χ3v) is 5.74. The van der Waals surface area contributed by atoms with Crippen LogP contribution in [0.15, 0.2) is 28.6 Å². The molecular formula is C17H18N2O2S. The molecule has 1 saturated carbocycles. The molecule has 5 rings (SSSR count). The van der Waals surface area contributed by atoms with Gasteiger partial charge in [-0.15, -0.1) is 0 Å². The monoisotopic (exact) mass is 314 g/mol. The summed E-state index contributed by atoms with van der Waals surface area (Å²) in [7, 11) is 0. The average Bonchev–Trinajstić information content (AvgIpc) is 3.13. The summed E-state index contributed by atoms with van der Waals surface area (Å²) in [5.74, 6) is 1.71. The number of ether oxygens (including phenoxy) is 2. The molecule has 1 aliphatic carbocycles. The Morgan fingerprint density at radius 1 is 1.09 bits per heavy atom. The molecule has 0 saturated heterocycles. The third-order valence-electron chi connectivity index (χ3n) is 4.88. The predicted molar refractivity (Wildman–Crippen MR) is 88.3 cm³/mol. The van der Waals surface area contributed by atoms with Crippen LogP contribution in [0.4, 0.5) is 0 Å². The molecule has 3 aliphatic heterocycles. The second-order valence-electron chi connectivity index (χ2n) is 6.18. The molecule has 1 aromatic carbocycles. The van der Waals surface area contributed by atoms with Crippen LogP contribution in [0.3, 0.4) is 0 Å². The first-order valence-electron chi connectivity index (χ1n) is 8.04. The normalized spacial score (nSPS) is 28.8. The maximum atomic E-state index is 5.73. The van der Waals surface area contributed by atoms with Crippen molar-refractivity contribution >= 4 is 22.6 Å². The van der Waals surface area contributed by atoms with Crippen LogP contribution in [-0.2, 0) is 0 Å². The minimum Gasteiger partial charge on any atom is -0.486 e. The number of nitrogens with zero attached hydrogens (tertiary/aromatic N) is 2. The van der Waals surface area contributed by atoms with E-state index in [-0.39, 0.29) is 0 Å². The Labute approximate surface area is 134 Å². The van der Waals surface area contributed by atoms with E-state index in [1.807, 2.05) is 6.07 Å². The fourth-order valence-electron chi connectivity index (χ4n) is 3.83. The zero-order valence-corrected chi connectivity index (χ0v) is 13.1. The van der Waals surface area contributed by atoms with E-state index < -0.39 is 0 Å². The van der Waals surface area contributed by atoms with E-state index in [1.165, 1.54) is 42.1 Å². The van der Waals surface area contributed by atoms with Crippen molar-refractivity contribution in [3.8, 4) is 11.5 Å². The largest absolute Gasteiger partial charge is 0.486 e. The Morgan fingerprint density at radius 3 is 2.91 bits per heavy atom. The standard InChI is InChI=1S/C17H18N2O2S/c1-2-4-13-12(3-1)18-17-19(13)14(10-22-17)11-5-6-15-16(9-11)21-8-7-20-15/h5-6,9-10,12-13H,1-4,7-8H2/t12-,13-/m1/s1. The zero-order valence-electron chi connectivity index (χ0n) is 12.3. The first kappa shape index (κ1) is 12.9. The van der Waals surface area contributed by atoms with E-state index in [4.69, 9.17) is 14.5 Å². The van der Waals surface area contributed by atoms with E-state index >= 15 is 0 Å². The molecule has 0 spiro atoms. The molecule has 0 radical (unpaired) electrons. The Hall–Kier alpha value is -1.62. The summed E-state index contributed by atoms with van der Waals surface area (Å²) in [4.78, 5) is 7.39. The summed E-state index contributed by atoms with van der Waals surface area (Å²) in [5, 5.41) is 3.41. The van der Waals surface area contributed by atoms with E-state index in [0.717, 1.165) is 11.5 Å². The lowest BCUT2D eigenvalue weighted by molar-refractivity contribution is 0.171. The number of rotatable bonds is 1. The maximum absolute atomic E-state index is 5.73. The van der Waals surface area contributed by atoms with Gasteiger partial charge in [-0.1, -0.05) is 24.6 Å². The van der Waals surface area contributed by atoms with Gasteiger partial charge in [-0.3, -0.25) is 4.99 Å². The Kier molecular flexibility index (Phi) is 2.90. The van der Waals surface area contributed by atoms with Gasteiger partial charge in [-0.2, -0.15) is 0 Å². The summed E-state index contributed by atoms with van der Waals surface area (Å²) in [6, 6.07) is 7.33. The van der Waals surface area contributed by atoms with Crippen molar-refractivity contribution < 1.29 is 9.47 Å². The zero-order chi connectivity index (χ0) is 14.5. The van der Waals surface area contributed by atoms with Crippen LogP contribution in [0.25, 0.3) is 5.70 Å². The van der Waals surface area contributed by atoms with Gasteiger partial charge in [0.1, 0.15) is 13.2 Å². The molecule has 4 nitrogen and oxygen atoms in total. The summed E-state index contributed by atoms with van der Waals surface area (Å²) < 4.78 is 11.4. The molecule has 0 N–H and O–H groups in total. The molecule has 0 unspecified atom stereocenters. The molecule has 0 aromatic heterocycles. The van der Waals surface area contributed by atoms with Crippen molar-refractivity contribution in [3.05, 3.63) is 29.2 Å². The maximum Gasteiger partial charge on any atom is 0.168 e. The van der Waals surface area contributed by atoms with Crippen molar-refractivity contribution in [1.29, 1.82) is 0 Å². The fraction of sp³-hybridized carbons (Fsp3) is 0.471. The van der Waals surface area contributed by atoms with Crippen LogP contribution in [0.5, 0.6) is 11.5 Å². The van der Waals surface area contributed by atoms with Gasteiger partial charge in [0.05, 0.1) is 17.8 Å². The quantitative estimate of drug-likeness (QED) is 0.795. The Balaban J connectivity index is 1.49. The molecule has 2 atom stereocenters. The first-order chi connectivity index (χ1) is 10.9. The lowest BCUT2D eigenvalue weighted by atomic mass is 9.90.